The molecule has 7 heteroatoms. The van der Waals surface area contributed by atoms with E-state index >= 15 is 0 Å². The standard InChI is InChI=1S/C27H31N3O3S/c1-2-22-11-7-8-14-26(22)30(34(32,33)25-12-5-3-6-13-25)21-27(31)28-23-15-17-24(18-16-23)29-19-9-4-10-20-29/h3,5-8,11-18H,2,4,9-10,19-21H2,1H3,(H,28,31). The minimum Gasteiger partial charge on any atom is -0.372 e. The third-order valence-corrected chi connectivity index (χ3v) is 7.91. The van der Waals surface area contributed by atoms with Gasteiger partial charge in [0, 0.05) is 24.5 Å². The first-order valence-electron chi connectivity index (χ1n) is 11.8. The van der Waals surface area contributed by atoms with E-state index in [1.54, 1.807) is 42.5 Å². The molecule has 1 N–H and O–H groups in total. The highest BCUT2D eigenvalue weighted by atomic mass is 32.2. The summed E-state index contributed by atoms with van der Waals surface area (Å²) in [4.78, 5) is 15.5. The number of rotatable bonds is 8. The highest BCUT2D eigenvalue weighted by Crippen LogP contribution is 2.28. The number of carbonyl (C=O) groups excluding carboxylic acids is 1. The van der Waals surface area contributed by atoms with Gasteiger partial charge in [-0.2, -0.15) is 0 Å². The van der Waals surface area contributed by atoms with Gasteiger partial charge in [-0.15, -0.1) is 0 Å². The van der Waals surface area contributed by atoms with Crippen LogP contribution in [0.5, 0.6) is 0 Å². The van der Waals surface area contributed by atoms with E-state index in [1.165, 1.54) is 23.6 Å². The Hall–Kier alpha value is -3.32. The van der Waals surface area contributed by atoms with E-state index in [9.17, 15) is 13.2 Å². The van der Waals surface area contributed by atoms with Crippen LogP contribution in [-0.4, -0.2) is 34.0 Å². The van der Waals surface area contributed by atoms with E-state index in [0.29, 0.717) is 17.8 Å². The zero-order chi connectivity index (χ0) is 24.0. The molecule has 4 rings (SSSR count). The summed E-state index contributed by atoms with van der Waals surface area (Å²) >= 11 is 0. The molecule has 3 aromatic carbocycles. The smallest absolute Gasteiger partial charge is 0.264 e. The number of amides is 1. The number of anilines is 3. The van der Waals surface area contributed by atoms with Crippen LogP contribution >= 0.6 is 0 Å². The number of nitrogens with zero attached hydrogens (tertiary/aromatic N) is 2. The maximum atomic E-state index is 13.5. The first-order valence-corrected chi connectivity index (χ1v) is 13.2. The number of hydrogen-bond donors (Lipinski definition) is 1. The summed E-state index contributed by atoms with van der Waals surface area (Å²) in [5.74, 6) is -0.392. The Morgan fingerprint density at radius 2 is 1.53 bits per heavy atom. The Morgan fingerprint density at radius 1 is 0.882 bits per heavy atom. The molecule has 0 spiro atoms. The SMILES string of the molecule is CCc1ccccc1N(CC(=O)Nc1ccc(N2CCCCC2)cc1)S(=O)(=O)c1ccccc1. The van der Waals surface area contributed by atoms with E-state index in [0.717, 1.165) is 24.3 Å². The highest BCUT2D eigenvalue weighted by molar-refractivity contribution is 7.92. The van der Waals surface area contributed by atoms with Crippen LogP contribution in [0.15, 0.2) is 83.8 Å². The maximum absolute atomic E-state index is 13.5. The first kappa shape index (κ1) is 23.8. The molecular weight excluding hydrogens is 446 g/mol. The van der Waals surface area contributed by atoms with Gasteiger partial charge in [0.05, 0.1) is 10.6 Å². The normalized spacial score (nSPS) is 14.0. The molecule has 3 aromatic rings. The predicted molar refractivity (Wildman–Crippen MR) is 138 cm³/mol. The fraction of sp³-hybridized carbons (Fsp3) is 0.296. The van der Waals surface area contributed by atoms with Crippen LogP contribution in [0, 0.1) is 0 Å². The van der Waals surface area contributed by atoms with Crippen molar-refractivity contribution in [1.29, 1.82) is 0 Å². The third kappa shape index (κ3) is 5.42. The zero-order valence-corrected chi connectivity index (χ0v) is 20.3. The van der Waals surface area contributed by atoms with Crippen LogP contribution in [0.4, 0.5) is 17.1 Å². The quantitative estimate of drug-likeness (QED) is 0.492. The van der Waals surface area contributed by atoms with E-state index in [2.05, 4.69) is 10.2 Å². The molecule has 0 bridgehead atoms. The summed E-state index contributed by atoms with van der Waals surface area (Å²) in [5, 5.41) is 2.87. The Bertz CT molecular complexity index is 1210. The van der Waals surface area contributed by atoms with Crippen LogP contribution in [0.1, 0.15) is 31.7 Å². The fourth-order valence-corrected chi connectivity index (χ4v) is 5.79. The van der Waals surface area contributed by atoms with Gasteiger partial charge in [0.15, 0.2) is 0 Å². The van der Waals surface area contributed by atoms with Gasteiger partial charge in [0.1, 0.15) is 6.54 Å². The Labute approximate surface area is 202 Å². The lowest BCUT2D eigenvalue weighted by Crippen LogP contribution is -2.38. The molecule has 0 unspecified atom stereocenters. The van der Waals surface area contributed by atoms with Gasteiger partial charge in [-0.1, -0.05) is 43.3 Å². The van der Waals surface area contributed by atoms with Crippen molar-refractivity contribution < 1.29 is 13.2 Å². The van der Waals surface area contributed by atoms with Gasteiger partial charge < -0.3 is 10.2 Å². The molecule has 1 heterocycles. The lowest BCUT2D eigenvalue weighted by molar-refractivity contribution is -0.114. The van der Waals surface area contributed by atoms with Crippen molar-refractivity contribution in [1.82, 2.24) is 0 Å². The number of piperidine rings is 1. The molecule has 6 nitrogen and oxygen atoms in total. The molecule has 0 aliphatic carbocycles. The van der Waals surface area contributed by atoms with E-state index in [4.69, 9.17) is 0 Å². The number of para-hydroxylation sites is 1. The van der Waals surface area contributed by atoms with Gasteiger partial charge in [-0.05, 0) is 73.7 Å². The molecular formula is C27H31N3O3S. The Kier molecular flexibility index (Phi) is 7.53. The van der Waals surface area contributed by atoms with E-state index in [-0.39, 0.29) is 11.4 Å². The molecule has 1 saturated heterocycles. The Morgan fingerprint density at radius 3 is 2.21 bits per heavy atom. The lowest BCUT2D eigenvalue weighted by Gasteiger charge is -2.29. The summed E-state index contributed by atoms with van der Waals surface area (Å²) < 4.78 is 28.3. The number of aryl methyl sites for hydroxylation is 1. The summed E-state index contributed by atoms with van der Waals surface area (Å²) in [6, 6.07) is 23.3. The van der Waals surface area contributed by atoms with E-state index < -0.39 is 15.9 Å². The summed E-state index contributed by atoms with van der Waals surface area (Å²) in [5.41, 5.74) is 3.17. The van der Waals surface area contributed by atoms with Crippen LogP contribution in [-0.2, 0) is 21.2 Å². The minimum atomic E-state index is -3.93. The molecule has 1 amide bonds. The Balaban J connectivity index is 1.56. The van der Waals surface area contributed by atoms with Gasteiger partial charge in [0.25, 0.3) is 10.0 Å². The second-order valence-corrected chi connectivity index (χ2v) is 10.3. The largest absolute Gasteiger partial charge is 0.372 e. The van der Waals surface area contributed by atoms with Gasteiger partial charge in [-0.25, -0.2) is 8.42 Å². The molecule has 0 radical (unpaired) electrons. The van der Waals surface area contributed by atoms with Crippen molar-refractivity contribution >= 4 is 33.0 Å². The minimum absolute atomic E-state index is 0.152. The third-order valence-electron chi connectivity index (χ3n) is 6.13. The average Bonchev–Trinajstić information content (AvgIpc) is 2.88. The number of sulfonamides is 1. The van der Waals surface area contributed by atoms with Crippen LogP contribution in [0.25, 0.3) is 0 Å². The molecule has 34 heavy (non-hydrogen) atoms. The van der Waals surface area contributed by atoms with Crippen molar-refractivity contribution in [3.63, 3.8) is 0 Å². The highest BCUT2D eigenvalue weighted by Gasteiger charge is 2.28. The van der Waals surface area contributed by atoms with Gasteiger partial charge >= 0.3 is 0 Å². The predicted octanol–water partition coefficient (Wildman–Crippen LogP) is 5.07. The topological polar surface area (TPSA) is 69.7 Å². The fourth-order valence-electron chi connectivity index (χ4n) is 4.31. The monoisotopic (exact) mass is 477 g/mol. The molecule has 1 aliphatic heterocycles. The second-order valence-electron chi connectivity index (χ2n) is 8.45. The summed E-state index contributed by atoms with van der Waals surface area (Å²) in [7, 11) is -3.93. The number of nitrogens with one attached hydrogen (secondary N) is 1. The van der Waals surface area contributed by atoms with Crippen molar-refractivity contribution in [3.8, 4) is 0 Å². The molecule has 1 aliphatic rings. The lowest BCUT2D eigenvalue weighted by atomic mass is 10.1. The average molecular weight is 478 g/mol. The van der Waals surface area contributed by atoms with Gasteiger partial charge in [0.2, 0.25) is 5.91 Å². The van der Waals surface area contributed by atoms with Crippen molar-refractivity contribution in [2.24, 2.45) is 0 Å². The van der Waals surface area contributed by atoms with Crippen molar-refractivity contribution in [2.75, 3.05) is 34.2 Å². The van der Waals surface area contributed by atoms with Crippen molar-refractivity contribution in [3.05, 3.63) is 84.4 Å². The van der Waals surface area contributed by atoms with Crippen molar-refractivity contribution in [2.45, 2.75) is 37.5 Å². The second kappa shape index (κ2) is 10.7. The van der Waals surface area contributed by atoms with Crippen LogP contribution < -0.4 is 14.5 Å². The van der Waals surface area contributed by atoms with Crippen LogP contribution in [0.3, 0.4) is 0 Å². The van der Waals surface area contributed by atoms with Gasteiger partial charge in [-0.3, -0.25) is 9.10 Å². The molecule has 1 fully saturated rings. The zero-order valence-electron chi connectivity index (χ0n) is 19.5. The number of hydrogen-bond acceptors (Lipinski definition) is 4. The maximum Gasteiger partial charge on any atom is 0.264 e. The number of carbonyl (C=O) groups is 1. The molecule has 0 atom stereocenters. The summed E-state index contributed by atoms with van der Waals surface area (Å²) in [6.45, 7) is 3.75. The molecule has 0 saturated carbocycles. The molecule has 0 aromatic heterocycles. The summed E-state index contributed by atoms with van der Waals surface area (Å²) in [6.07, 6.45) is 4.32. The first-order chi connectivity index (χ1) is 16.5. The van der Waals surface area contributed by atoms with E-state index in [1.807, 2.05) is 43.3 Å². The number of benzene rings is 3. The molecule has 178 valence electrons. The van der Waals surface area contributed by atoms with Crippen LogP contribution in [0.2, 0.25) is 0 Å².